The van der Waals surface area contributed by atoms with Crippen LogP contribution in [-0.2, 0) is 4.74 Å². The SMILES string of the molecule is CCNC(=NCC(c1ccc(C)o1)N1CCOCC1)NC1CCN(C2CCCC2)C1. The van der Waals surface area contributed by atoms with Crippen molar-refractivity contribution in [3.8, 4) is 0 Å². The van der Waals surface area contributed by atoms with Gasteiger partial charge in [-0.3, -0.25) is 14.8 Å². The topological polar surface area (TPSA) is 65.3 Å². The number of hydrogen-bond donors (Lipinski definition) is 2. The number of ether oxygens (including phenoxy) is 1. The van der Waals surface area contributed by atoms with Crippen LogP contribution < -0.4 is 10.6 Å². The normalized spacial score (nSPS) is 25.7. The van der Waals surface area contributed by atoms with Crippen molar-refractivity contribution in [2.24, 2.45) is 4.99 Å². The van der Waals surface area contributed by atoms with E-state index in [2.05, 4.69) is 33.4 Å². The molecule has 7 nitrogen and oxygen atoms in total. The predicted molar refractivity (Wildman–Crippen MR) is 120 cm³/mol. The van der Waals surface area contributed by atoms with E-state index in [1.807, 2.05) is 13.0 Å². The van der Waals surface area contributed by atoms with E-state index < -0.39 is 0 Å². The van der Waals surface area contributed by atoms with Gasteiger partial charge in [0.1, 0.15) is 11.5 Å². The Hall–Kier alpha value is -1.57. The Labute approximate surface area is 181 Å². The number of hydrogen-bond acceptors (Lipinski definition) is 5. The van der Waals surface area contributed by atoms with Crippen LogP contribution in [0.1, 0.15) is 56.6 Å². The first-order chi connectivity index (χ1) is 14.7. The van der Waals surface area contributed by atoms with Crippen LogP contribution in [-0.4, -0.2) is 80.3 Å². The van der Waals surface area contributed by atoms with Gasteiger partial charge in [-0.15, -0.1) is 0 Å². The number of guanidine groups is 1. The van der Waals surface area contributed by atoms with Gasteiger partial charge in [0, 0.05) is 44.8 Å². The fourth-order valence-electron chi connectivity index (χ4n) is 5.10. The highest BCUT2D eigenvalue weighted by molar-refractivity contribution is 5.80. The second-order valence-corrected chi connectivity index (χ2v) is 8.90. The van der Waals surface area contributed by atoms with Crippen molar-refractivity contribution < 1.29 is 9.15 Å². The number of aryl methyl sites for hydroxylation is 1. The molecule has 0 spiro atoms. The van der Waals surface area contributed by atoms with E-state index in [1.165, 1.54) is 38.6 Å². The molecule has 3 aliphatic rings. The third-order valence-electron chi connectivity index (χ3n) is 6.74. The maximum atomic E-state index is 6.00. The number of nitrogens with one attached hydrogen (secondary N) is 2. The number of morpholine rings is 1. The van der Waals surface area contributed by atoms with Gasteiger partial charge in [-0.1, -0.05) is 12.8 Å². The van der Waals surface area contributed by atoms with Gasteiger partial charge in [-0.2, -0.15) is 0 Å². The number of likely N-dealkylation sites (tertiary alicyclic amines) is 1. The molecule has 2 saturated heterocycles. The highest BCUT2D eigenvalue weighted by Gasteiger charge is 2.30. The summed E-state index contributed by atoms with van der Waals surface area (Å²) in [5, 5.41) is 7.16. The van der Waals surface area contributed by atoms with Crippen molar-refractivity contribution in [1.29, 1.82) is 0 Å². The first-order valence-electron chi connectivity index (χ1n) is 11.9. The van der Waals surface area contributed by atoms with Gasteiger partial charge in [0.05, 0.1) is 25.8 Å². The molecule has 30 heavy (non-hydrogen) atoms. The lowest BCUT2D eigenvalue weighted by atomic mass is 10.1. The molecule has 2 unspecified atom stereocenters. The van der Waals surface area contributed by atoms with Crippen molar-refractivity contribution in [2.45, 2.75) is 64.1 Å². The lowest BCUT2D eigenvalue weighted by molar-refractivity contribution is 0.0135. The molecule has 0 radical (unpaired) electrons. The summed E-state index contributed by atoms with van der Waals surface area (Å²) in [4.78, 5) is 10.1. The zero-order chi connectivity index (χ0) is 20.8. The summed E-state index contributed by atoms with van der Waals surface area (Å²) in [5.74, 6) is 2.88. The van der Waals surface area contributed by atoms with Crippen LogP contribution in [0.5, 0.6) is 0 Å². The summed E-state index contributed by atoms with van der Waals surface area (Å²) >= 11 is 0. The molecule has 2 aliphatic heterocycles. The first-order valence-corrected chi connectivity index (χ1v) is 11.9. The summed E-state index contributed by atoms with van der Waals surface area (Å²) in [6.45, 7) is 11.4. The molecule has 0 amide bonds. The molecule has 2 atom stereocenters. The monoisotopic (exact) mass is 417 g/mol. The zero-order valence-corrected chi connectivity index (χ0v) is 18.7. The lowest BCUT2D eigenvalue weighted by Crippen LogP contribution is -2.46. The average molecular weight is 418 g/mol. The van der Waals surface area contributed by atoms with Crippen LogP contribution in [0.15, 0.2) is 21.5 Å². The summed E-state index contributed by atoms with van der Waals surface area (Å²) in [6.07, 6.45) is 6.76. The third-order valence-corrected chi connectivity index (χ3v) is 6.74. The van der Waals surface area contributed by atoms with E-state index in [0.29, 0.717) is 12.6 Å². The summed E-state index contributed by atoms with van der Waals surface area (Å²) in [5.41, 5.74) is 0. The molecular weight excluding hydrogens is 378 g/mol. The molecule has 0 aromatic carbocycles. The third kappa shape index (κ3) is 5.56. The maximum Gasteiger partial charge on any atom is 0.191 e. The number of rotatable bonds is 7. The molecule has 3 heterocycles. The Kier molecular flexibility index (Phi) is 7.68. The van der Waals surface area contributed by atoms with Gasteiger partial charge in [0.25, 0.3) is 0 Å². The number of aliphatic imine (C=N–C) groups is 1. The van der Waals surface area contributed by atoms with Crippen LogP contribution in [0.3, 0.4) is 0 Å². The van der Waals surface area contributed by atoms with Gasteiger partial charge in [-0.25, -0.2) is 0 Å². The molecule has 4 rings (SSSR count). The molecule has 1 aromatic rings. The number of nitrogens with zero attached hydrogens (tertiary/aromatic N) is 3. The van der Waals surface area contributed by atoms with Crippen molar-refractivity contribution >= 4 is 5.96 Å². The Bertz CT molecular complexity index is 679. The van der Waals surface area contributed by atoms with E-state index in [-0.39, 0.29) is 6.04 Å². The molecule has 7 heteroatoms. The molecule has 0 bridgehead atoms. The summed E-state index contributed by atoms with van der Waals surface area (Å²) in [6, 6.07) is 5.59. The number of furan rings is 1. The quantitative estimate of drug-likeness (QED) is 0.525. The van der Waals surface area contributed by atoms with Crippen LogP contribution in [0.4, 0.5) is 0 Å². The molecule has 2 N–H and O–H groups in total. The average Bonchev–Trinajstić information content (AvgIpc) is 3.51. The van der Waals surface area contributed by atoms with Gasteiger partial charge in [0.2, 0.25) is 0 Å². The maximum absolute atomic E-state index is 6.00. The van der Waals surface area contributed by atoms with Crippen molar-refractivity contribution in [1.82, 2.24) is 20.4 Å². The van der Waals surface area contributed by atoms with Crippen LogP contribution in [0.25, 0.3) is 0 Å². The minimum Gasteiger partial charge on any atom is -0.465 e. The standard InChI is InChI=1S/C23H39N5O2/c1-3-24-23(26-19-10-11-28(17-19)20-6-4-5-7-20)25-16-21(22-9-8-18(2)30-22)27-12-14-29-15-13-27/h8-9,19-21H,3-7,10-17H2,1-2H3,(H2,24,25,26). The Morgan fingerprint density at radius 3 is 2.67 bits per heavy atom. The second-order valence-electron chi connectivity index (χ2n) is 8.90. The zero-order valence-electron chi connectivity index (χ0n) is 18.7. The fraction of sp³-hybridized carbons (Fsp3) is 0.783. The molecular formula is C23H39N5O2. The Morgan fingerprint density at radius 1 is 1.17 bits per heavy atom. The molecule has 1 saturated carbocycles. The van der Waals surface area contributed by atoms with E-state index in [4.69, 9.17) is 14.1 Å². The predicted octanol–water partition coefficient (Wildman–Crippen LogP) is 2.53. The second kappa shape index (κ2) is 10.6. The van der Waals surface area contributed by atoms with E-state index in [0.717, 1.165) is 62.9 Å². The van der Waals surface area contributed by atoms with Gasteiger partial charge in [0.15, 0.2) is 5.96 Å². The van der Waals surface area contributed by atoms with Crippen molar-refractivity contribution in [3.05, 3.63) is 23.7 Å². The Morgan fingerprint density at radius 2 is 1.97 bits per heavy atom. The Balaban J connectivity index is 1.39. The minimum absolute atomic E-state index is 0.150. The van der Waals surface area contributed by atoms with Crippen LogP contribution in [0, 0.1) is 6.92 Å². The van der Waals surface area contributed by atoms with Gasteiger partial charge in [-0.05, 0) is 45.2 Å². The van der Waals surface area contributed by atoms with Gasteiger partial charge >= 0.3 is 0 Å². The fourth-order valence-corrected chi connectivity index (χ4v) is 5.10. The van der Waals surface area contributed by atoms with E-state index in [9.17, 15) is 0 Å². The molecule has 1 aromatic heterocycles. The summed E-state index contributed by atoms with van der Waals surface area (Å²) in [7, 11) is 0. The van der Waals surface area contributed by atoms with Crippen molar-refractivity contribution in [3.63, 3.8) is 0 Å². The molecule has 3 fully saturated rings. The minimum atomic E-state index is 0.150. The van der Waals surface area contributed by atoms with Crippen LogP contribution in [0.2, 0.25) is 0 Å². The summed E-state index contributed by atoms with van der Waals surface area (Å²) < 4.78 is 11.6. The van der Waals surface area contributed by atoms with E-state index in [1.54, 1.807) is 0 Å². The highest BCUT2D eigenvalue weighted by Crippen LogP contribution is 2.27. The molecule has 168 valence electrons. The van der Waals surface area contributed by atoms with E-state index >= 15 is 0 Å². The van der Waals surface area contributed by atoms with Crippen LogP contribution >= 0.6 is 0 Å². The largest absolute Gasteiger partial charge is 0.465 e. The van der Waals surface area contributed by atoms with Crippen molar-refractivity contribution in [2.75, 3.05) is 52.5 Å². The smallest absolute Gasteiger partial charge is 0.191 e. The first kappa shape index (κ1) is 21.7. The van der Waals surface area contributed by atoms with Gasteiger partial charge < -0.3 is 19.8 Å². The lowest BCUT2D eigenvalue weighted by Gasteiger charge is -2.32. The molecule has 1 aliphatic carbocycles. The highest BCUT2D eigenvalue weighted by atomic mass is 16.5.